The molecule has 100 valence electrons. The predicted octanol–water partition coefficient (Wildman–Crippen LogP) is 3.35. The van der Waals surface area contributed by atoms with Crippen molar-refractivity contribution < 1.29 is 9.53 Å². The molecule has 0 atom stereocenters. The van der Waals surface area contributed by atoms with Gasteiger partial charge in [-0.2, -0.15) is 0 Å². The second-order valence-electron chi connectivity index (χ2n) is 5.40. The number of carbonyl (C=O) groups excluding carboxylic acids is 1. The fraction of sp³-hybridized carbons (Fsp3) is 0.533. The molecule has 0 unspecified atom stereocenters. The summed E-state index contributed by atoms with van der Waals surface area (Å²) in [5.74, 6) is -0.0971. The molecule has 0 heterocycles. The number of nitrogens with one attached hydrogen (secondary N) is 1. The highest BCUT2D eigenvalue weighted by atomic mass is 16.5. The molecule has 18 heavy (non-hydrogen) atoms. The third-order valence-corrected chi connectivity index (χ3v) is 2.59. The molecule has 0 aliphatic heterocycles. The van der Waals surface area contributed by atoms with Gasteiger partial charge in [-0.15, -0.1) is 0 Å². The Morgan fingerprint density at radius 2 is 1.94 bits per heavy atom. The van der Waals surface area contributed by atoms with E-state index in [4.69, 9.17) is 4.74 Å². The van der Waals surface area contributed by atoms with Gasteiger partial charge < -0.3 is 10.1 Å². The summed E-state index contributed by atoms with van der Waals surface area (Å²) >= 11 is 0. The Labute approximate surface area is 110 Å². The van der Waals surface area contributed by atoms with E-state index in [0.717, 1.165) is 17.7 Å². The number of benzene rings is 1. The van der Waals surface area contributed by atoms with Crippen LogP contribution in [0.4, 0.5) is 5.69 Å². The second kappa shape index (κ2) is 6.55. The molecule has 0 aliphatic rings. The van der Waals surface area contributed by atoms with Crippen molar-refractivity contribution in [3.05, 3.63) is 29.8 Å². The van der Waals surface area contributed by atoms with Gasteiger partial charge >= 0.3 is 0 Å². The molecule has 3 heteroatoms. The van der Waals surface area contributed by atoms with Crippen molar-refractivity contribution in [3.63, 3.8) is 0 Å². The van der Waals surface area contributed by atoms with Crippen LogP contribution in [0.1, 0.15) is 39.7 Å². The van der Waals surface area contributed by atoms with Crippen LogP contribution in [0.5, 0.6) is 0 Å². The molecule has 0 radical (unpaired) electrons. The summed E-state index contributed by atoms with van der Waals surface area (Å²) in [6.07, 6.45) is 0.922. The van der Waals surface area contributed by atoms with Gasteiger partial charge in [0.25, 0.3) is 0 Å². The Morgan fingerprint density at radius 1 is 1.28 bits per heavy atom. The van der Waals surface area contributed by atoms with Crippen molar-refractivity contribution >= 4 is 11.6 Å². The fourth-order valence-electron chi connectivity index (χ4n) is 1.74. The number of hydrogen-bond acceptors (Lipinski definition) is 2. The standard InChI is InChI=1S/C15H23NO2/c1-5-10-18-11-14(17)16-13-9-7-6-8-12(13)15(2,3)4/h6-9H,5,10-11H2,1-4H3,(H,16,17). The zero-order chi connectivity index (χ0) is 13.6. The Kier molecular flexibility index (Phi) is 5.35. The maximum Gasteiger partial charge on any atom is 0.250 e. The van der Waals surface area contributed by atoms with Crippen molar-refractivity contribution in [1.82, 2.24) is 0 Å². The third kappa shape index (κ3) is 4.49. The van der Waals surface area contributed by atoms with Gasteiger partial charge in [0.15, 0.2) is 0 Å². The number of anilines is 1. The molecule has 1 amide bonds. The average molecular weight is 249 g/mol. The number of carbonyl (C=O) groups is 1. The highest BCUT2D eigenvalue weighted by molar-refractivity contribution is 5.92. The van der Waals surface area contributed by atoms with Crippen molar-refractivity contribution in [1.29, 1.82) is 0 Å². The van der Waals surface area contributed by atoms with Crippen LogP contribution in [0.3, 0.4) is 0 Å². The van der Waals surface area contributed by atoms with Gasteiger partial charge in [0.1, 0.15) is 6.61 Å². The number of para-hydroxylation sites is 1. The zero-order valence-corrected chi connectivity index (χ0v) is 11.7. The molecule has 1 aromatic carbocycles. The molecule has 0 saturated heterocycles. The van der Waals surface area contributed by atoms with Gasteiger partial charge in [-0.3, -0.25) is 4.79 Å². The molecular formula is C15H23NO2. The van der Waals surface area contributed by atoms with E-state index >= 15 is 0 Å². The quantitative estimate of drug-likeness (QED) is 0.813. The summed E-state index contributed by atoms with van der Waals surface area (Å²) in [5, 5.41) is 2.91. The van der Waals surface area contributed by atoms with Crippen LogP contribution in [-0.2, 0) is 14.9 Å². The zero-order valence-electron chi connectivity index (χ0n) is 11.7. The maximum atomic E-state index is 11.7. The lowest BCUT2D eigenvalue weighted by Crippen LogP contribution is -2.22. The van der Waals surface area contributed by atoms with Gasteiger partial charge in [-0.05, 0) is 23.5 Å². The predicted molar refractivity (Wildman–Crippen MR) is 74.9 cm³/mol. The second-order valence-corrected chi connectivity index (χ2v) is 5.40. The fourth-order valence-corrected chi connectivity index (χ4v) is 1.74. The van der Waals surface area contributed by atoms with Crippen molar-refractivity contribution in [2.75, 3.05) is 18.5 Å². The van der Waals surface area contributed by atoms with Crippen LogP contribution in [0.15, 0.2) is 24.3 Å². The van der Waals surface area contributed by atoms with E-state index in [1.807, 2.05) is 31.2 Å². The first-order valence-corrected chi connectivity index (χ1v) is 6.42. The summed E-state index contributed by atoms with van der Waals surface area (Å²) in [6, 6.07) is 7.89. The summed E-state index contributed by atoms with van der Waals surface area (Å²) in [6.45, 7) is 9.15. The molecule has 1 N–H and O–H groups in total. The van der Waals surface area contributed by atoms with E-state index in [1.54, 1.807) is 0 Å². The minimum atomic E-state index is -0.0971. The molecule has 0 bridgehead atoms. The van der Waals surface area contributed by atoms with Gasteiger partial charge in [0.2, 0.25) is 5.91 Å². The summed E-state index contributed by atoms with van der Waals surface area (Å²) in [4.78, 5) is 11.7. The molecule has 1 aromatic rings. The van der Waals surface area contributed by atoms with E-state index in [9.17, 15) is 4.79 Å². The number of hydrogen-bond donors (Lipinski definition) is 1. The SMILES string of the molecule is CCCOCC(=O)Nc1ccccc1C(C)(C)C. The van der Waals surface area contributed by atoms with Crippen molar-refractivity contribution in [3.8, 4) is 0 Å². The lowest BCUT2D eigenvalue weighted by Gasteiger charge is -2.22. The largest absolute Gasteiger partial charge is 0.372 e. The molecular weight excluding hydrogens is 226 g/mol. The van der Waals surface area contributed by atoms with Crippen LogP contribution in [0, 0.1) is 0 Å². The molecule has 3 nitrogen and oxygen atoms in total. The van der Waals surface area contributed by atoms with Crippen molar-refractivity contribution in [2.24, 2.45) is 0 Å². The summed E-state index contributed by atoms with van der Waals surface area (Å²) in [5.41, 5.74) is 2.01. The van der Waals surface area contributed by atoms with Gasteiger partial charge in [-0.25, -0.2) is 0 Å². The Bertz CT molecular complexity index is 394. The lowest BCUT2D eigenvalue weighted by molar-refractivity contribution is -0.120. The molecule has 0 aromatic heterocycles. The smallest absolute Gasteiger partial charge is 0.250 e. The monoisotopic (exact) mass is 249 g/mol. The van der Waals surface area contributed by atoms with E-state index in [0.29, 0.717) is 6.61 Å². The highest BCUT2D eigenvalue weighted by Gasteiger charge is 2.18. The third-order valence-electron chi connectivity index (χ3n) is 2.59. The minimum absolute atomic E-state index is 0.00808. The van der Waals surface area contributed by atoms with E-state index in [2.05, 4.69) is 26.1 Å². The van der Waals surface area contributed by atoms with Crippen LogP contribution >= 0.6 is 0 Å². The molecule has 0 spiro atoms. The number of rotatable bonds is 5. The lowest BCUT2D eigenvalue weighted by atomic mass is 9.86. The van der Waals surface area contributed by atoms with Crippen LogP contribution in [0.25, 0.3) is 0 Å². The van der Waals surface area contributed by atoms with E-state index in [-0.39, 0.29) is 17.9 Å². The molecule has 0 saturated carbocycles. The first kappa shape index (κ1) is 14.7. The van der Waals surface area contributed by atoms with E-state index in [1.165, 1.54) is 0 Å². The van der Waals surface area contributed by atoms with Gasteiger partial charge in [0.05, 0.1) is 0 Å². The number of ether oxygens (including phenoxy) is 1. The molecule has 0 fully saturated rings. The van der Waals surface area contributed by atoms with Gasteiger partial charge in [-0.1, -0.05) is 45.9 Å². The molecule has 1 rings (SSSR count). The van der Waals surface area contributed by atoms with Crippen LogP contribution in [0.2, 0.25) is 0 Å². The highest BCUT2D eigenvalue weighted by Crippen LogP contribution is 2.29. The first-order valence-electron chi connectivity index (χ1n) is 6.42. The van der Waals surface area contributed by atoms with Crippen LogP contribution in [-0.4, -0.2) is 19.1 Å². The number of amides is 1. The Hall–Kier alpha value is -1.35. The minimum Gasteiger partial charge on any atom is -0.372 e. The normalized spacial score (nSPS) is 11.3. The Balaban J connectivity index is 2.70. The van der Waals surface area contributed by atoms with Crippen molar-refractivity contribution in [2.45, 2.75) is 39.5 Å². The molecule has 0 aliphatic carbocycles. The summed E-state index contributed by atoms with van der Waals surface area (Å²) in [7, 11) is 0. The maximum absolute atomic E-state index is 11.7. The summed E-state index contributed by atoms with van der Waals surface area (Å²) < 4.78 is 5.23. The average Bonchev–Trinajstić information content (AvgIpc) is 2.28. The van der Waals surface area contributed by atoms with Crippen LogP contribution < -0.4 is 5.32 Å². The first-order chi connectivity index (χ1) is 8.45. The Morgan fingerprint density at radius 3 is 2.56 bits per heavy atom. The van der Waals surface area contributed by atoms with E-state index < -0.39 is 0 Å². The van der Waals surface area contributed by atoms with Gasteiger partial charge in [0, 0.05) is 12.3 Å². The topological polar surface area (TPSA) is 38.3 Å².